The van der Waals surface area contributed by atoms with Crippen LogP contribution in [0.1, 0.15) is 45.6 Å². The van der Waals surface area contributed by atoms with Crippen LogP contribution in [0.3, 0.4) is 0 Å². The van der Waals surface area contributed by atoms with Crippen LogP contribution >= 0.6 is 0 Å². The van der Waals surface area contributed by atoms with E-state index in [-0.39, 0.29) is 28.6 Å². The van der Waals surface area contributed by atoms with Crippen molar-refractivity contribution in [2.24, 2.45) is 0 Å². The van der Waals surface area contributed by atoms with Gasteiger partial charge in [-0.2, -0.15) is 0 Å². The maximum atomic E-state index is 12.6. The number of hydrogen-bond acceptors (Lipinski definition) is 5. The second-order valence-electron chi connectivity index (χ2n) is 6.70. The molecule has 1 unspecified atom stereocenters. The van der Waals surface area contributed by atoms with Crippen molar-refractivity contribution >= 4 is 22.7 Å². The van der Waals surface area contributed by atoms with Gasteiger partial charge in [0, 0.05) is 31.1 Å². The van der Waals surface area contributed by atoms with Crippen molar-refractivity contribution < 1.29 is 14.0 Å². The quantitative estimate of drug-likeness (QED) is 0.603. The van der Waals surface area contributed by atoms with Gasteiger partial charge in [0.25, 0.3) is 11.8 Å². The summed E-state index contributed by atoms with van der Waals surface area (Å²) in [6.45, 7) is 5.69. The number of aromatic amines is 1. The molecule has 146 valence electrons. The predicted octanol–water partition coefficient (Wildman–Crippen LogP) is 2.07. The Hall–Kier alpha value is -3.42. The average molecular weight is 382 g/mol. The second-order valence-corrected chi connectivity index (χ2v) is 6.70. The summed E-state index contributed by atoms with van der Waals surface area (Å²) in [5, 5.41) is 5.99. The third-order valence-corrected chi connectivity index (χ3v) is 4.46. The number of carbonyl (C=O) groups excluding carboxylic acids is 2. The molecule has 0 spiro atoms. The van der Waals surface area contributed by atoms with Gasteiger partial charge in [0.15, 0.2) is 11.6 Å². The summed E-state index contributed by atoms with van der Waals surface area (Å²) in [7, 11) is 0. The Balaban J connectivity index is 1.57. The Morgan fingerprint density at radius 1 is 1.25 bits per heavy atom. The minimum atomic E-state index is -0.449. The molecule has 3 N–H and O–H groups in total. The highest BCUT2D eigenvalue weighted by Crippen LogP contribution is 2.12. The zero-order valence-corrected chi connectivity index (χ0v) is 16.0. The number of rotatable bonds is 6. The van der Waals surface area contributed by atoms with Crippen LogP contribution in [0.25, 0.3) is 10.9 Å². The molecular formula is C20H22N4O4. The smallest absolute Gasteiger partial charge is 0.273 e. The normalized spacial score (nSPS) is 12.0. The number of H-pyrrole nitrogens is 1. The summed E-state index contributed by atoms with van der Waals surface area (Å²) < 4.78 is 5.02. The Kier molecular flexibility index (Phi) is 5.58. The molecule has 3 aromatic rings. The topological polar surface area (TPSA) is 117 Å². The first-order valence-electron chi connectivity index (χ1n) is 8.99. The molecule has 0 saturated heterocycles. The van der Waals surface area contributed by atoms with E-state index >= 15 is 0 Å². The molecule has 8 heteroatoms. The first-order valence-corrected chi connectivity index (χ1v) is 8.99. The van der Waals surface area contributed by atoms with E-state index in [1.54, 1.807) is 19.1 Å². The van der Waals surface area contributed by atoms with E-state index in [4.69, 9.17) is 4.42 Å². The maximum Gasteiger partial charge on any atom is 0.273 e. The van der Waals surface area contributed by atoms with Crippen molar-refractivity contribution in [3.63, 3.8) is 0 Å². The molecule has 0 radical (unpaired) electrons. The highest BCUT2D eigenvalue weighted by molar-refractivity contribution is 5.97. The van der Waals surface area contributed by atoms with Gasteiger partial charge >= 0.3 is 0 Å². The number of nitrogens with one attached hydrogen (secondary N) is 3. The number of pyridine rings is 1. The fourth-order valence-electron chi connectivity index (χ4n) is 2.91. The van der Waals surface area contributed by atoms with Crippen molar-refractivity contribution in [3.8, 4) is 0 Å². The van der Waals surface area contributed by atoms with Crippen LogP contribution < -0.4 is 16.1 Å². The van der Waals surface area contributed by atoms with E-state index < -0.39 is 5.91 Å². The van der Waals surface area contributed by atoms with Gasteiger partial charge < -0.3 is 20.0 Å². The summed E-state index contributed by atoms with van der Waals surface area (Å²) in [6, 6.07) is 5.19. The first kappa shape index (κ1) is 19.3. The van der Waals surface area contributed by atoms with E-state index in [2.05, 4.69) is 20.6 Å². The molecule has 0 fully saturated rings. The number of benzene rings is 1. The number of aromatic nitrogens is 2. The third kappa shape index (κ3) is 4.11. The summed E-state index contributed by atoms with van der Waals surface area (Å²) in [6.07, 6.45) is 3.23. The molecule has 2 amide bonds. The molecule has 28 heavy (non-hydrogen) atoms. The lowest BCUT2D eigenvalue weighted by molar-refractivity contribution is 0.0932. The Labute approximate surface area is 161 Å². The predicted molar refractivity (Wildman–Crippen MR) is 104 cm³/mol. The zero-order valence-electron chi connectivity index (χ0n) is 16.0. The lowest BCUT2D eigenvalue weighted by Gasteiger charge is -2.13. The molecule has 0 bridgehead atoms. The van der Waals surface area contributed by atoms with Crippen LogP contribution in [0.4, 0.5) is 0 Å². The van der Waals surface area contributed by atoms with Crippen LogP contribution in [0, 0.1) is 13.8 Å². The number of oxazole rings is 1. The van der Waals surface area contributed by atoms with Crippen molar-refractivity contribution in [2.45, 2.75) is 33.2 Å². The first-order chi connectivity index (χ1) is 13.4. The van der Waals surface area contributed by atoms with Crippen LogP contribution in [-0.4, -0.2) is 34.4 Å². The molecular weight excluding hydrogens is 360 g/mol. The minimum Gasteiger partial charge on any atom is -0.448 e. The maximum absolute atomic E-state index is 12.6. The summed E-state index contributed by atoms with van der Waals surface area (Å²) >= 11 is 0. The third-order valence-electron chi connectivity index (χ3n) is 4.46. The molecule has 8 nitrogen and oxygen atoms in total. The summed E-state index contributed by atoms with van der Waals surface area (Å²) in [5.74, 6) is -0.367. The van der Waals surface area contributed by atoms with Crippen LogP contribution in [0.15, 0.2) is 39.9 Å². The van der Waals surface area contributed by atoms with Gasteiger partial charge in [0.05, 0.1) is 5.52 Å². The molecule has 0 saturated carbocycles. The van der Waals surface area contributed by atoms with Gasteiger partial charge in [-0.05, 0) is 31.9 Å². The largest absolute Gasteiger partial charge is 0.448 e. The van der Waals surface area contributed by atoms with Gasteiger partial charge in [0.1, 0.15) is 11.8 Å². The fraction of sp³-hybridized carbons (Fsp3) is 0.300. The Bertz CT molecular complexity index is 1080. The molecule has 1 atom stereocenters. The molecule has 2 heterocycles. The fourth-order valence-corrected chi connectivity index (χ4v) is 2.91. The zero-order chi connectivity index (χ0) is 20.3. The van der Waals surface area contributed by atoms with Crippen LogP contribution in [-0.2, 0) is 0 Å². The number of nitrogens with zero attached hydrogens (tertiary/aromatic N) is 1. The van der Waals surface area contributed by atoms with Gasteiger partial charge in [-0.3, -0.25) is 14.4 Å². The highest BCUT2D eigenvalue weighted by Gasteiger charge is 2.16. The summed E-state index contributed by atoms with van der Waals surface area (Å²) in [5.41, 5.74) is 1.63. The molecule has 0 aliphatic heterocycles. The molecule has 2 aromatic heterocycles. The monoisotopic (exact) mass is 382 g/mol. The van der Waals surface area contributed by atoms with Gasteiger partial charge in [0.2, 0.25) is 5.43 Å². The standard InChI is InChI=1S/C20H22N4O4/c1-11-5-4-6-14-17(11)22-9-15(18(14)25)19(26)21-8-7-12(2)23-20(27)16-10-28-13(3)24-16/h4-6,9-10,12H,7-8H2,1-3H3,(H,21,26)(H,22,25)(H,23,27). The van der Waals surface area contributed by atoms with E-state index in [0.29, 0.717) is 24.2 Å². The minimum absolute atomic E-state index is 0.0628. The number of para-hydroxylation sites is 1. The Morgan fingerprint density at radius 2 is 2.04 bits per heavy atom. The van der Waals surface area contributed by atoms with E-state index in [1.165, 1.54) is 12.5 Å². The highest BCUT2D eigenvalue weighted by atomic mass is 16.3. The molecule has 1 aromatic carbocycles. The number of carbonyl (C=O) groups is 2. The Morgan fingerprint density at radius 3 is 2.75 bits per heavy atom. The van der Waals surface area contributed by atoms with Crippen LogP contribution in [0.2, 0.25) is 0 Å². The van der Waals surface area contributed by atoms with Gasteiger partial charge in [-0.1, -0.05) is 12.1 Å². The number of amides is 2. The summed E-state index contributed by atoms with van der Waals surface area (Å²) in [4.78, 5) is 44.0. The SMILES string of the molecule is Cc1nc(C(=O)NC(C)CCNC(=O)c2c[nH]c3c(C)cccc3c2=O)co1. The van der Waals surface area contributed by atoms with Gasteiger partial charge in [-0.15, -0.1) is 0 Å². The second kappa shape index (κ2) is 8.08. The van der Waals surface area contributed by atoms with Crippen molar-refractivity contribution in [1.82, 2.24) is 20.6 Å². The van der Waals surface area contributed by atoms with E-state index in [9.17, 15) is 14.4 Å². The number of aryl methyl sites for hydroxylation is 2. The molecule has 0 aliphatic rings. The van der Waals surface area contributed by atoms with E-state index in [0.717, 1.165) is 11.1 Å². The van der Waals surface area contributed by atoms with Crippen molar-refractivity contribution in [1.29, 1.82) is 0 Å². The van der Waals surface area contributed by atoms with Crippen LogP contribution in [0.5, 0.6) is 0 Å². The van der Waals surface area contributed by atoms with Crippen molar-refractivity contribution in [3.05, 3.63) is 63.6 Å². The lowest BCUT2D eigenvalue weighted by atomic mass is 10.1. The average Bonchev–Trinajstić information content (AvgIpc) is 3.09. The number of hydrogen-bond donors (Lipinski definition) is 3. The van der Waals surface area contributed by atoms with E-state index in [1.807, 2.05) is 19.9 Å². The van der Waals surface area contributed by atoms with Crippen molar-refractivity contribution in [2.75, 3.05) is 6.54 Å². The number of fused-ring (bicyclic) bond motifs is 1. The van der Waals surface area contributed by atoms with Gasteiger partial charge in [-0.25, -0.2) is 4.98 Å². The molecule has 0 aliphatic carbocycles. The molecule has 3 rings (SSSR count). The lowest BCUT2D eigenvalue weighted by Crippen LogP contribution is -2.37.